The zero-order valence-corrected chi connectivity index (χ0v) is 11.4. The molecule has 0 saturated carbocycles. The molecule has 5 heteroatoms. The highest BCUT2D eigenvalue weighted by molar-refractivity contribution is 6.01. The third kappa shape index (κ3) is 3.71. The lowest BCUT2D eigenvalue weighted by atomic mass is 9.97. The number of carbonyl (C=O) groups excluding carboxylic acids is 2. The molecule has 0 atom stereocenters. The average Bonchev–Trinajstić information content (AvgIpc) is 2.34. The Balaban J connectivity index is 3.11. The Hall–Kier alpha value is -2.04. The molecule has 0 bridgehead atoms. The van der Waals surface area contributed by atoms with Gasteiger partial charge in [-0.2, -0.15) is 0 Å². The van der Waals surface area contributed by atoms with Gasteiger partial charge < -0.3 is 15.2 Å². The van der Waals surface area contributed by atoms with E-state index in [4.69, 9.17) is 15.2 Å². The molecule has 0 aliphatic heterocycles. The fourth-order valence-electron chi connectivity index (χ4n) is 1.70. The number of hydrogen-bond acceptors (Lipinski definition) is 5. The van der Waals surface area contributed by atoms with Gasteiger partial charge in [0, 0.05) is 5.69 Å². The van der Waals surface area contributed by atoms with E-state index in [2.05, 4.69) is 0 Å². The second-order valence-corrected chi connectivity index (χ2v) is 4.05. The van der Waals surface area contributed by atoms with Gasteiger partial charge >= 0.3 is 11.9 Å². The number of aryl methyl sites for hydroxylation is 1. The van der Waals surface area contributed by atoms with Crippen molar-refractivity contribution in [2.45, 2.75) is 26.7 Å². The van der Waals surface area contributed by atoms with Gasteiger partial charge in [0.25, 0.3) is 0 Å². The molecule has 0 fully saturated rings. The van der Waals surface area contributed by atoms with Gasteiger partial charge in [0.05, 0.1) is 13.2 Å². The number of rotatable bonds is 5. The highest BCUT2D eigenvalue weighted by Crippen LogP contribution is 2.23. The molecular formula is C14H19NO4. The van der Waals surface area contributed by atoms with Crippen LogP contribution in [-0.2, 0) is 19.1 Å². The number of esters is 2. The maximum Gasteiger partial charge on any atom is 0.324 e. The number of carbonyl (C=O) groups is 2. The molecule has 0 heterocycles. The predicted octanol–water partition coefficient (Wildman–Crippen LogP) is 1.79. The Labute approximate surface area is 112 Å². The molecule has 0 saturated heterocycles. The summed E-state index contributed by atoms with van der Waals surface area (Å²) < 4.78 is 9.85. The van der Waals surface area contributed by atoms with Crippen LogP contribution in [0.5, 0.6) is 0 Å². The van der Waals surface area contributed by atoms with Crippen molar-refractivity contribution in [1.82, 2.24) is 0 Å². The smallest absolute Gasteiger partial charge is 0.324 e. The first kappa shape index (κ1) is 15.0. The fourth-order valence-corrected chi connectivity index (χ4v) is 1.70. The molecular weight excluding hydrogens is 246 g/mol. The normalized spacial score (nSPS) is 10.3. The topological polar surface area (TPSA) is 78.6 Å². The van der Waals surface area contributed by atoms with Crippen LogP contribution in [0.15, 0.2) is 18.2 Å². The number of nitrogens with two attached hydrogens (primary N) is 1. The van der Waals surface area contributed by atoms with Crippen molar-refractivity contribution in [1.29, 1.82) is 0 Å². The van der Waals surface area contributed by atoms with Gasteiger partial charge in [0.1, 0.15) is 0 Å². The van der Waals surface area contributed by atoms with Gasteiger partial charge in [0.15, 0.2) is 5.92 Å². The van der Waals surface area contributed by atoms with Crippen molar-refractivity contribution in [2.75, 3.05) is 18.9 Å². The summed E-state index contributed by atoms with van der Waals surface area (Å²) in [6, 6.07) is 5.00. The highest BCUT2D eigenvalue weighted by Gasteiger charge is 2.31. The largest absolute Gasteiger partial charge is 0.465 e. The van der Waals surface area contributed by atoms with Crippen LogP contribution in [0, 0.1) is 6.92 Å². The Morgan fingerprint density at radius 3 is 2.11 bits per heavy atom. The molecule has 2 N–H and O–H groups in total. The zero-order chi connectivity index (χ0) is 14.4. The van der Waals surface area contributed by atoms with Crippen LogP contribution in [0.3, 0.4) is 0 Å². The number of benzene rings is 1. The molecule has 0 amide bonds. The fraction of sp³-hybridized carbons (Fsp3) is 0.429. The SMILES string of the molecule is CCOC(=O)C(C(=O)OCC)c1ccc(N)c(C)c1. The maximum atomic E-state index is 11.9. The van der Waals surface area contributed by atoms with Gasteiger partial charge in [-0.25, -0.2) is 0 Å². The average molecular weight is 265 g/mol. The van der Waals surface area contributed by atoms with Crippen LogP contribution < -0.4 is 5.73 Å². The highest BCUT2D eigenvalue weighted by atomic mass is 16.6. The summed E-state index contributed by atoms with van der Waals surface area (Å²) in [6.07, 6.45) is 0. The van der Waals surface area contributed by atoms with Crippen LogP contribution in [0.25, 0.3) is 0 Å². The first-order chi connectivity index (χ1) is 9.01. The summed E-state index contributed by atoms with van der Waals surface area (Å²) in [6.45, 7) is 5.61. The van der Waals surface area contributed by atoms with E-state index in [1.165, 1.54) is 0 Å². The van der Waals surface area contributed by atoms with Gasteiger partial charge in [0.2, 0.25) is 0 Å². The van der Waals surface area contributed by atoms with Crippen LogP contribution in [0.2, 0.25) is 0 Å². The van der Waals surface area contributed by atoms with Crippen molar-refractivity contribution in [3.63, 3.8) is 0 Å². The maximum absolute atomic E-state index is 11.9. The van der Waals surface area contributed by atoms with Crippen molar-refractivity contribution >= 4 is 17.6 Å². The summed E-state index contributed by atoms with van der Waals surface area (Å²) in [7, 11) is 0. The number of nitrogen functional groups attached to an aromatic ring is 1. The Bertz CT molecular complexity index is 453. The summed E-state index contributed by atoms with van der Waals surface area (Å²) in [5.74, 6) is -2.27. The van der Waals surface area contributed by atoms with E-state index < -0.39 is 17.9 Å². The van der Waals surface area contributed by atoms with Gasteiger partial charge in [-0.1, -0.05) is 12.1 Å². The summed E-state index contributed by atoms with van der Waals surface area (Å²) in [4.78, 5) is 23.8. The van der Waals surface area contributed by atoms with Crippen LogP contribution >= 0.6 is 0 Å². The lowest BCUT2D eigenvalue weighted by molar-refractivity contribution is -0.156. The van der Waals surface area contributed by atoms with Crippen molar-refractivity contribution in [3.8, 4) is 0 Å². The summed E-state index contributed by atoms with van der Waals surface area (Å²) >= 11 is 0. The molecule has 104 valence electrons. The third-order valence-corrected chi connectivity index (χ3v) is 2.67. The third-order valence-electron chi connectivity index (χ3n) is 2.67. The lowest BCUT2D eigenvalue weighted by Gasteiger charge is -2.15. The first-order valence-corrected chi connectivity index (χ1v) is 6.20. The second kappa shape index (κ2) is 6.78. The number of anilines is 1. The number of ether oxygens (including phenoxy) is 2. The zero-order valence-electron chi connectivity index (χ0n) is 11.4. The first-order valence-electron chi connectivity index (χ1n) is 6.20. The molecule has 1 aromatic rings. The minimum atomic E-state index is -1.06. The second-order valence-electron chi connectivity index (χ2n) is 4.05. The van der Waals surface area contributed by atoms with Gasteiger partial charge in [-0.15, -0.1) is 0 Å². The summed E-state index contributed by atoms with van der Waals surface area (Å²) in [5.41, 5.74) is 7.67. The van der Waals surface area contributed by atoms with Crippen molar-refractivity contribution in [3.05, 3.63) is 29.3 Å². The monoisotopic (exact) mass is 265 g/mol. The summed E-state index contributed by atoms with van der Waals surface area (Å²) in [5, 5.41) is 0. The molecule has 1 aromatic carbocycles. The van der Waals surface area contributed by atoms with E-state index in [0.29, 0.717) is 11.3 Å². The van der Waals surface area contributed by atoms with E-state index in [1.807, 2.05) is 6.92 Å². The molecule has 0 radical (unpaired) electrons. The minimum absolute atomic E-state index is 0.211. The number of hydrogen-bond donors (Lipinski definition) is 1. The van der Waals surface area contributed by atoms with E-state index in [9.17, 15) is 9.59 Å². The van der Waals surface area contributed by atoms with Gasteiger partial charge in [-0.3, -0.25) is 9.59 Å². The van der Waals surface area contributed by atoms with E-state index in [-0.39, 0.29) is 13.2 Å². The minimum Gasteiger partial charge on any atom is -0.465 e. The Morgan fingerprint density at radius 2 is 1.68 bits per heavy atom. The quantitative estimate of drug-likeness (QED) is 0.499. The molecule has 19 heavy (non-hydrogen) atoms. The molecule has 1 rings (SSSR count). The van der Waals surface area contributed by atoms with E-state index in [0.717, 1.165) is 5.56 Å². The molecule has 0 aliphatic rings. The molecule has 0 unspecified atom stereocenters. The van der Waals surface area contributed by atoms with Crippen LogP contribution in [0.4, 0.5) is 5.69 Å². The Morgan fingerprint density at radius 1 is 1.16 bits per heavy atom. The van der Waals surface area contributed by atoms with E-state index >= 15 is 0 Å². The lowest BCUT2D eigenvalue weighted by Crippen LogP contribution is -2.26. The molecule has 0 spiro atoms. The van der Waals surface area contributed by atoms with Crippen molar-refractivity contribution in [2.24, 2.45) is 0 Å². The van der Waals surface area contributed by atoms with Crippen LogP contribution in [-0.4, -0.2) is 25.2 Å². The molecule has 5 nitrogen and oxygen atoms in total. The predicted molar refractivity (Wildman–Crippen MR) is 71.6 cm³/mol. The Kier molecular flexibility index (Phi) is 5.36. The molecule has 0 aromatic heterocycles. The standard InChI is InChI=1S/C14H19NO4/c1-4-18-13(16)12(14(17)19-5-2)10-6-7-11(15)9(3)8-10/h6-8,12H,4-5,15H2,1-3H3. The van der Waals surface area contributed by atoms with Crippen LogP contribution in [0.1, 0.15) is 30.9 Å². The molecule has 0 aliphatic carbocycles. The van der Waals surface area contributed by atoms with Crippen molar-refractivity contribution < 1.29 is 19.1 Å². The van der Waals surface area contributed by atoms with E-state index in [1.54, 1.807) is 32.0 Å². The van der Waals surface area contributed by atoms with Gasteiger partial charge in [-0.05, 0) is 38.0 Å².